The van der Waals surface area contributed by atoms with E-state index in [1.807, 2.05) is 33.8 Å². The molecular weight excluding hydrogens is 424 g/mol. The van der Waals surface area contributed by atoms with Crippen LogP contribution in [0.1, 0.15) is 46.1 Å². The quantitative estimate of drug-likeness (QED) is 0.352. The van der Waals surface area contributed by atoms with E-state index >= 15 is 0 Å². The Bertz CT molecular complexity index is 797. The van der Waals surface area contributed by atoms with Crippen molar-refractivity contribution in [2.24, 2.45) is 17.6 Å². The number of carbonyl (C=O) groups excluding carboxylic acids is 3. The van der Waals surface area contributed by atoms with Gasteiger partial charge in [-0.25, -0.2) is 9.59 Å². The lowest BCUT2D eigenvalue weighted by atomic mass is 9.98. The lowest BCUT2D eigenvalue weighted by Crippen LogP contribution is -2.53. The van der Waals surface area contributed by atoms with Gasteiger partial charge in [-0.2, -0.15) is 0 Å². The fourth-order valence-electron chi connectivity index (χ4n) is 3.36. The molecule has 1 aromatic rings. The lowest BCUT2D eigenvalue weighted by Gasteiger charge is -2.25. The number of carboxylic acids is 1. The Morgan fingerprint density at radius 2 is 1.52 bits per heavy atom. The maximum absolute atomic E-state index is 12.9. The van der Waals surface area contributed by atoms with E-state index in [9.17, 15) is 24.3 Å². The Labute approximate surface area is 196 Å². The highest BCUT2D eigenvalue weighted by molar-refractivity contribution is 5.94. The molecule has 33 heavy (non-hydrogen) atoms. The van der Waals surface area contributed by atoms with E-state index in [2.05, 4.69) is 10.6 Å². The number of nitrogens with zero attached hydrogens (tertiary/aromatic N) is 1. The predicted molar refractivity (Wildman–Crippen MR) is 127 cm³/mol. The second-order valence-corrected chi connectivity index (χ2v) is 9.28. The number of ketones is 1. The Morgan fingerprint density at radius 1 is 0.939 bits per heavy atom. The normalized spacial score (nSPS) is 13.8. The van der Waals surface area contributed by atoms with Crippen molar-refractivity contribution in [3.05, 3.63) is 35.9 Å². The van der Waals surface area contributed by atoms with Gasteiger partial charge in [0.2, 0.25) is 5.91 Å². The molecule has 0 saturated carbocycles. The highest BCUT2D eigenvalue weighted by atomic mass is 16.4. The summed E-state index contributed by atoms with van der Waals surface area (Å²) in [6.07, 6.45) is 1.01. The number of carbonyl (C=O) groups is 4. The summed E-state index contributed by atoms with van der Waals surface area (Å²) in [4.78, 5) is 50.6. The highest BCUT2D eigenvalue weighted by Crippen LogP contribution is 2.09. The van der Waals surface area contributed by atoms with Gasteiger partial charge in [0.15, 0.2) is 5.78 Å². The van der Waals surface area contributed by atoms with Crippen molar-refractivity contribution in [1.82, 2.24) is 15.5 Å². The van der Waals surface area contributed by atoms with Crippen LogP contribution in [-0.4, -0.2) is 65.4 Å². The number of hydrogen-bond donors (Lipinski definition) is 4. The number of carboxylic acid groups (broad SMARTS) is 1. The minimum absolute atomic E-state index is 0.115. The van der Waals surface area contributed by atoms with Crippen LogP contribution in [0, 0.1) is 11.8 Å². The number of likely N-dealkylation sites (N-methyl/N-ethyl adjacent to an activating group) is 1. The van der Waals surface area contributed by atoms with Gasteiger partial charge in [-0.15, -0.1) is 0 Å². The molecular formula is C24H38N4O5. The molecule has 0 radical (unpaired) electrons. The van der Waals surface area contributed by atoms with Crippen molar-refractivity contribution < 1.29 is 24.3 Å². The van der Waals surface area contributed by atoms with Crippen LogP contribution >= 0.6 is 0 Å². The number of aliphatic carboxylic acids is 1. The number of Topliss-reactive ketones (excluding diaryl/α,β-unsaturated/α-hetero) is 1. The standard InChI is InChI=1S/C24H38N4O5/c1-15(2)11-18(25)22(30)26-19(12-16(3)4)21(29)14-28(5)24(33)27-20(23(31)32)13-17-9-7-6-8-10-17/h6-10,15-16,18-20H,11-14,25H2,1-5H3,(H,26,30)(H,27,33)(H,31,32). The van der Waals surface area contributed by atoms with Gasteiger partial charge in [0.1, 0.15) is 6.04 Å². The minimum atomic E-state index is -1.17. The minimum Gasteiger partial charge on any atom is -0.480 e. The zero-order chi connectivity index (χ0) is 25.1. The molecule has 0 heterocycles. The SMILES string of the molecule is CC(C)CC(N)C(=O)NC(CC(C)C)C(=O)CN(C)C(=O)NC(Cc1ccccc1)C(=O)O. The first-order valence-corrected chi connectivity index (χ1v) is 11.3. The Balaban J connectivity index is 2.77. The molecule has 0 bridgehead atoms. The molecule has 0 spiro atoms. The van der Waals surface area contributed by atoms with Crippen LogP contribution in [0.5, 0.6) is 0 Å². The largest absolute Gasteiger partial charge is 0.480 e. The van der Waals surface area contributed by atoms with Crippen LogP contribution in [0.15, 0.2) is 30.3 Å². The molecule has 0 aromatic heterocycles. The second-order valence-electron chi connectivity index (χ2n) is 9.28. The van der Waals surface area contributed by atoms with E-state index in [1.165, 1.54) is 7.05 Å². The summed E-state index contributed by atoms with van der Waals surface area (Å²) in [6.45, 7) is 7.50. The Hall–Kier alpha value is -2.94. The van der Waals surface area contributed by atoms with Crippen molar-refractivity contribution in [1.29, 1.82) is 0 Å². The second kappa shape index (κ2) is 13.6. The van der Waals surface area contributed by atoms with Gasteiger partial charge in [0.05, 0.1) is 18.6 Å². The molecule has 3 atom stereocenters. The number of benzene rings is 1. The monoisotopic (exact) mass is 462 g/mol. The van der Waals surface area contributed by atoms with E-state index in [0.29, 0.717) is 12.8 Å². The summed E-state index contributed by atoms with van der Waals surface area (Å²) in [5, 5.41) is 14.7. The van der Waals surface area contributed by atoms with Crippen molar-refractivity contribution in [3.8, 4) is 0 Å². The van der Waals surface area contributed by atoms with Crippen LogP contribution < -0.4 is 16.4 Å². The average molecular weight is 463 g/mol. The third-order valence-electron chi connectivity index (χ3n) is 5.09. The van der Waals surface area contributed by atoms with Gasteiger partial charge in [0.25, 0.3) is 0 Å². The molecule has 9 nitrogen and oxygen atoms in total. The van der Waals surface area contributed by atoms with Crippen molar-refractivity contribution in [2.75, 3.05) is 13.6 Å². The summed E-state index contributed by atoms with van der Waals surface area (Å²) in [5.41, 5.74) is 6.70. The first-order valence-electron chi connectivity index (χ1n) is 11.3. The van der Waals surface area contributed by atoms with Crippen LogP contribution in [0.25, 0.3) is 0 Å². The van der Waals surface area contributed by atoms with E-state index in [-0.39, 0.29) is 30.6 Å². The van der Waals surface area contributed by atoms with E-state index in [0.717, 1.165) is 10.5 Å². The van der Waals surface area contributed by atoms with Gasteiger partial charge in [-0.1, -0.05) is 58.0 Å². The van der Waals surface area contributed by atoms with Crippen LogP contribution in [0.4, 0.5) is 4.79 Å². The van der Waals surface area contributed by atoms with Gasteiger partial charge in [-0.3, -0.25) is 9.59 Å². The summed E-state index contributed by atoms with van der Waals surface area (Å²) >= 11 is 0. The maximum atomic E-state index is 12.9. The summed E-state index contributed by atoms with van der Waals surface area (Å²) < 4.78 is 0. The Morgan fingerprint density at radius 3 is 2.03 bits per heavy atom. The average Bonchev–Trinajstić information content (AvgIpc) is 2.72. The van der Waals surface area contributed by atoms with Crippen LogP contribution in [-0.2, 0) is 20.8 Å². The summed E-state index contributed by atoms with van der Waals surface area (Å²) in [7, 11) is 1.41. The van der Waals surface area contributed by atoms with Gasteiger partial charge < -0.3 is 26.4 Å². The van der Waals surface area contributed by atoms with E-state index in [4.69, 9.17) is 5.73 Å². The van der Waals surface area contributed by atoms with Crippen LogP contribution in [0.3, 0.4) is 0 Å². The van der Waals surface area contributed by atoms with Gasteiger partial charge in [0, 0.05) is 13.5 Å². The molecule has 9 heteroatoms. The molecule has 1 aromatic carbocycles. The van der Waals surface area contributed by atoms with Crippen molar-refractivity contribution >= 4 is 23.7 Å². The number of nitrogens with two attached hydrogens (primary N) is 1. The number of amides is 3. The number of urea groups is 1. The third-order valence-corrected chi connectivity index (χ3v) is 5.09. The molecule has 0 fully saturated rings. The Kier molecular flexibility index (Phi) is 11.6. The van der Waals surface area contributed by atoms with Gasteiger partial charge in [-0.05, 0) is 30.2 Å². The third kappa shape index (κ3) is 10.5. The van der Waals surface area contributed by atoms with Crippen molar-refractivity contribution in [3.63, 3.8) is 0 Å². The lowest BCUT2D eigenvalue weighted by molar-refractivity contribution is -0.139. The van der Waals surface area contributed by atoms with Crippen molar-refractivity contribution in [2.45, 2.75) is 65.1 Å². The molecule has 0 aliphatic rings. The fraction of sp³-hybridized carbons (Fsp3) is 0.583. The van der Waals surface area contributed by atoms with E-state index in [1.54, 1.807) is 24.3 Å². The molecule has 3 unspecified atom stereocenters. The number of hydrogen-bond acceptors (Lipinski definition) is 5. The topological polar surface area (TPSA) is 142 Å². The molecule has 1 rings (SSSR count). The van der Waals surface area contributed by atoms with Gasteiger partial charge >= 0.3 is 12.0 Å². The fourth-order valence-corrected chi connectivity index (χ4v) is 3.36. The highest BCUT2D eigenvalue weighted by Gasteiger charge is 2.28. The zero-order valence-electron chi connectivity index (χ0n) is 20.2. The number of rotatable bonds is 13. The molecule has 0 aliphatic heterocycles. The molecule has 5 N–H and O–H groups in total. The smallest absolute Gasteiger partial charge is 0.326 e. The summed E-state index contributed by atoms with van der Waals surface area (Å²) in [5.74, 6) is -1.55. The molecule has 0 saturated heterocycles. The molecule has 184 valence electrons. The zero-order valence-corrected chi connectivity index (χ0v) is 20.2. The molecule has 0 aliphatic carbocycles. The number of nitrogens with one attached hydrogen (secondary N) is 2. The summed E-state index contributed by atoms with van der Waals surface area (Å²) in [6, 6.07) is 5.62. The first kappa shape index (κ1) is 28.1. The van der Waals surface area contributed by atoms with Crippen LogP contribution in [0.2, 0.25) is 0 Å². The first-order chi connectivity index (χ1) is 15.4. The van der Waals surface area contributed by atoms with E-state index < -0.39 is 36.0 Å². The predicted octanol–water partition coefficient (Wildman–Crippen LogP) is 1.80. The maximum Gasteiger partial charge on any atom is 0.326 e. The molecule has 3 amide bonds.